The number of likely N-dealkylation sites (tertiary alicyclic amines) is 1. The van der Waals surface area contributed by atoms with E-state index in [1.54, 1.807) is 17.5 Å². The minimum atomic E-state index is -3.44. The molecule has 0 aliphatic carbocycles. The number of benzene rings is 1. The molecule has 2 aromatic rings. The van der Waals surface area contributed by atoms with Gasteiger partial charge in [0.25, 0.3) is 0 Å². The Balaban J connectivity index is 1.54. The lowest BCUT2D eigenvalue weighted by Crippen LogP contribution is -2.49. The van der Waals surface area contributed by atoms with Crippen molar-refractivity contribution in [1.29, 1.82) is 0 Å². The Bertz CT molecular complexity index is 859. The van der Waals surface area contributed by atoms with Crippen LogP contribution in [-0.2, 0) is 14.8 Å². The number of hydrogen-bond donors (Lipinski definition) is 1. The van der Waals surface area contributed by atoms with E-state index >= 15 is 0 Å². The van der Waals surface area contributed by atoms with Gasteiger partial charge in [-0.2, -0.15) is 0 Å². The van der Waals surface area contributed by atoms with Crippen molar-refractivity contribution in [3.8, 4) is 0 Å². The van der Waals surface area contributed by atoms with E-state index in [-0.39, 0.29) is 18.0 Å². The van der Waals surface area contributed by atoms with Crippen molar-refractivity contribution in [2.24, 2.45) is 0 Å². The maximum atomic E-state index is 12.9. The lowest BCUT2D eigenvalue weighted by molar-refractivity contribution is -0.120. The molecule has 0 atom stereocenters. The van der Waals surface area contributed by atoms with Crippen molar-refractivity contribution in [3.63, 3.8) is 0 Å². The molecule has 1 fully saturated rings. The van der Waals surface area contributed by atoms with Gasteiger partial charge in [0.1, 0.15) is 4.21 Å². The molecule has 1 saturated heterocycles. The van der Waals surface area contributed by atoms with Crippen molar-refractivity contribution >= 4 is 33.0 Å². The number of thiophene rings is 1. The van der Waals surface area contributed by atoms with E-state index in [1.165, 1.54) is 11.3 Å². The molecule has 0 saturated carbocycles. The van der Waals surface area contributed by atoms with Gasteiger partial charge in [0.2, 0.25) is 15.9 Å². The van der Waals surface area contributed by atoms with E-state index < -0.39 is 10.0 Å². The highest BCUT2D eigenvalue weighted by molar-refractivity contribution is 7.91. The van der Waals surface area contributed by atoms with Crippen LogP contribution in [0.3, 0.4) is 0 Å². The van der Waals surface area contributed by atoms with Gasteiger partial charge >= 0.3 is 0 Å². The summed E-state index contributed by atoms with van der Waals surface area (Å²) in [5, 5.41) is 1.76. The normalized spacial score (nSPS) is 16.4. The number of rotatable bonds is 7. The minimum Gasteiger partial charge on any atom is -0.309 e. The molecular formula is C20H27N3O3S2. The molecule has 1 amide bonds. The van der Waals surface area contributed by atoms with Crippen LogP contribution in [0.2, 0.25) is 0 Å². The molecule has 0 bridgehead atoms. The monoisotopic (exact) mass is 421 g/mol. The second-order valence-electron chi connectivity index (χ2n) is 7.30. The number of para-hydroxylation sites is 1. The Kier molecular flexibility index (Phi) is 6.87. The molecular weight excluding hydrogens is 394 g/mol. The highest BCUT2D eigenvalue weighted by Gasteiger charge is 2.27. The first-order valence-corrected chi connectivity index (χ1v) is 11.9. The molecule has 8 heteroatoms. The highest BCUT2D eigenvalue weighted by atomic mass is 32.2. The number of sulfonamides is 1. The fourth-order valence-corrected chi connectivity index (χ4v) is 5.80. The average Bonchev–Trinajstić information content (AvgIpc) is 3.20. The molecule has 1 aromatic heterocycles. The second-order valence-corrected chi connectivity index (χ2v) is 10.2. The first-order chi connectivity index (χ1) is 13.4. The molecule has 3 rings (SSSR count). The van der Waals surface area contributed by atoms with E-state index in [9.17, 15) is 13.2 Å². The van der Waals surface area contributed by atoms with Crippen LogP contribution < -0.4 is 9.62 Å². The third-order valence-corrected chi connectivity index (χ3v) is 7.77. The first-order valence-electron chi connectivity index (χ1n) is 9.52. The molecule has 1 N–H and O–H groups in total. The fraction of sp³-hybridized carbons (Fsp3) is 0.450. The lowest BCUT2D eigenvalue weighted by atomic mass is 10.1. The fourth-order valence-electron chi connectivity index (χ4n) is 3.49. The van der Waals surface area contributed by atoms with Crippen molar-refractivity contribution in [2.75, 3.05) is 24.5 Å². The summed E-state index contributed by atoms with van der Waals surface area (Å²) in [6.07, 6.45) is 1.40. The van der Waals surface area contributed by atoms with Gasteiger partial charge in [0.05, 0.1) is 6.54 Å². The molecule has 1 aromatic carbocycles. The molecule has 0 unspecified atom stereocenters. The molecule has 1 aliphatic heterocycles. The van der Waals surface area contributed by atoms with Crippen LogP contribution in [0.1, 0.15) is 26.7 Å². The maximum Gasteiger partial charge on any atom is 0.250 e. The second kappa shape index (κ2) is 9.17. The van der Waals surface area contributed by atoms with Gasteiger partial charge in [-0.05, 0) is 50.3 Å². The molecule has 152 valence electrons. The number of amides is 1. The van der Waals surface area contributed by atoms with Gasteiger partial charge in [-0.15, -0.1) is 11.3 Å². The molecule has 28 heavy (non-hydrogen) atoms. The molecule has 0 spiro atoms. The summed E-state index contributed by atoms with van der Waals surface area (Å²) in [4.78, 5) is 16.8. The highest BCUT2D eigenvalue weighted by Crippen LogP contribution is 2.20. The van der Waals surface area contributed by atoms with Crippen molar-refractivity contribution < 1.29 is 13.2 Å². The number of hydrogen-bond acceptors (Lipinski definition) is 5. The zero-order chi connectivity index (χ0) is 20.1. The molecule has 6 nitrogen and oxygen atoms in total. The van der Waals surface area contributed by atoms with Crippen molar-refractivity contribution in [3.05, 3.63) is 47.8 Å². The van der Waals surface area contributed by atoms with Gasteiger partial charge in [-0.3, -0.25) is 9.69 Å². The predicted molar refractivity (Wildman–Crippen MR) is 113 cm³/mol. The van der Waals surface area contributed by atoms with E-state index in [1.807, 2.05) is 49.1 Å². The van der Waals surface area contributed by atoms with E-state index in [0.29, 0.717) is 36.7 Å². The molecule has 0 radical (unpaired) electrons. The third-order valence-electron chi connectivity index (χ3n) is 4.85. The zero-order valence-corrected chi connectivity index (χ0v) is 17.9. The van der Waals surface area contributed by atoms with Crippen LogP contribution in [0.4, 0.5) is 5.69 Å². The van der Waals surface area contributed by atoms with Crippen LogP contribution in [0.5, 0.6) is 0 Å². The van der Waals surface area contributed by atoms with Gasteiger partial charge in [0.15, 0.2) is 0 Å². The Morgan fingerprint density at radius 2 is 1.86 bits per heavy atom. The van der Waals surface area contributed by atoms with Gasteiger partial charge in [0, 0.05) is 30.9 Å². The van der Waals surface area contributed by atoms with Gasteiger partial charge in [-0.25, -0.2) is 13.1 Å². The summed E-state index contributed by atoms with van der Waals surface area (Å²) >= 11 is 1.22. The summed E-state index contributed by atoms with van der Waals surface area (Å²) in [5.74, 6) is 0.0683. The largest absolute Gasteiger partial charge is 0.309 e. The maximum absolute atomic E-state index is 12.9. The summed E-state index contributed by atoms with van der Waals surface area (Å²) < 4.78 is 27.9. The Morgan fingerprint density at radius 1 is 1.18 bits per heavy atom. The Morgan fingerprint density at radius 3 is 2.43 bits per heavy atom. The van der Waals surface area contributed by atoms with Crippen LogP contribution in [-0.4, -0.2) is 50.9 Å². The van der Waals surface area contributed by atoms with Crippen LogP contribution >= 0.6 is 11.3 Å². The zero-order valence-electron chi connectivity index (χ0n) is 16.2. The third kappa shape index (κ3) is 5.20. The van der Waals surface area contributed by atoms with E-state index in [2.05, 4.69) is 9.62 Å². The van der Waals surface area contributed by atoms with Crippen LogP contribution in [0.15, 0.2) is 52.1 Å². The van der Waals surface area contributed by atoms with Crippen molar-refractivity contribution in [2.45, 2.75) is 43.0 Å². The molecule has 2 heterocycles. The average molecular weight is 422 g/mol. The number of carbonyl (C=O) groups excluding carboxylic acids is 1. The number of nitrogens with one attached hydrogen (secondary N) is 1. The van der Waals surface area contributed by atoms with Crippen LogP contribution in [0, 0.1) is 0 Å². The standard InChI is InChI=1S/C20H27N3O3S2/c1-16(2)23(18-7-4-3-5-8-18)19(24)15-22-12-10-17(11-13-22)21-28(25,26)20-9-6-14-27-20/h3-9,14,16-17,21H,10-13,15H2,1-2H3. The van der Waals surface area contributed by atoms with E-state index in [0.717, 1.165) is 5.69 Å². The summed E-state index contributed by atoms with van der Waals surface area (Å²) in [6, 6.07) is 13.0. The summed E-state index contributed by atoms with van der Waals surface area (Å²) in [5.41, 5.74) is 0.904. The summed E-state index contributed by atoms with van der Waals surface area (Å²) in [7, 11) is -3.44. The van der Waals surface area contributed by atoms with Gasteiger partial charge < -0.3 is 4.90 Å². The number of nitrogens with zero attached hydrogens (tertiary/aromatic N) is 2. The smallest absolute Gasteiger partial charge is 0.250 e. The lowest BCUT2D eigenvalue weighted by Gasteiger charge is -2.34. The van der Waals surface area contributed by atoms with Gasteiger partial charge in [-0.1, -0.05) is 24.3 Å². The Hall–Kier alpha value is -1.74. The Labute approximate surface area is 171 Å². The number of anilines is 1. The van der Waals surface area contributed by atoms with E-state index in [4.69, 9.17) is 0 Å². The SMILES string of the molecule is CC(C)N(C(=O)CN1CCC(NS(=O)(=O)c2cccs2)CC1)c1ccccc1. The predicted octanol–water partition coefficient (Wildman–Crippen LogP) is 2.93. The van der Waals surface area contributed by atoms with Crippen LogP contribution in [0.25, 0.3) is 0 Å². The summed E-state index contributed by atoms with van der Waals surface area (Å²) in [6.45, 7) is 5.76. The molecule has 1 aliphatic rings. The topological polar surface area (TPSA) is 69.7 Å². The number of carbonyl (C=O) groups is 1. The minimum absolute atomic E-state index is 0.0683. The van der Waals surface area contributed by atoms with Crippen molar-refractivity contribution in [1.82, 2.24) is 9.62 Å². The quantitative estimate of drug-likeness (QED) is 0.746. The number of piperidine rings is 1. The first kappa shape index (κ1) is 21.0.